The predicted molar refractivity (Wildman–Crippen MR) is 79.1 cm³/mol. The third-order valence-electron chi connectivity index (χ3n) is 2.85. The molecule has 0 bridgehead atoms. The Hall–Kier alpha value is -1.31. The van der Waals surface area contributed by atoms with Crippen molar-refractivity contribution in [1.29, 1.82) is 5.26 Å². The lowest BCUT2D eigenvalue weighted by molar-refractivity contribution is 0.257. The Kier molecular flexibility index (Phi) is 6.61. The van der Waals surface area contributed by atoms with Crippen LogP contribution in [0.25, 0.3) is 0 Å². The van der Waals surface area contributed by atoms with E-state index in [1.54, 1.807) is 0 Å². The Labute approximate surface area is 120 Å². The quantitative estimate of drug-likeness (QED) is 0.834. The summed E-state index contributed by atoms with van der Waals surface area (Å²) in [7, 11) is 0. The fourth-order valence-corrected chi connectivity index (χ4v) is 1.99. The lowest BCUT2D eigenvalue weighted by Gasteiger charge is -2.21. The van der Waals surface area contributed by atoms with Crippen LogP contribution in [-0.2, 0) is 6.54 Å². The lowest BCUT2D eigenvalue weighted by Crippen LogP contribution is -2.28. The molecule has 0 radical (unpaired) electrons. The van der Waals surface area contributed by atoms with Crippen molar-refractivity contribution < 1.29 is 0 Å². The number of hydrogen-bond donors (Lipinski definition) is 1. The van der Waals surface area contributed by atoms with Gasteiger partial charge >= 0.3 is 0 Å². The van der Waals surface area contributed by atoms with Crippen LogP contribution in [-0.4, -0.2) is 29.5 Å². The minimum absolute atomic E-state index is 0.00988. The molecule has 0 aliphatic rings. The maximum Gasteiger partial charge on any atom is 0.126 e. The van der Waals surface area contributed by atoms with Crippen LogP contribution >= 0.6 is 11.6 Å². The third kappa shape index (κ3) is 5.06. The number of nitriles is 1. The van der Waals surface area contributed by atoms with Gasteiger partial charge in [0.25, 0.3) is 0 Å². The van der Waals surface area contributed by atoms with Gasteiger partial charge in [-0.1, -0.05) is 18.5 Å². The Balaban J connectivity index is 2.78. The SMILES string of the molecule is CCNc1ccc(Cl)c(CN(CC)CC(C)C#N)n1. The first-order valence-electron chi connectivity index (χ1n) is 6.61. The molecular formula is C14H21ClN4. The van der Waals surface area contributed by atoms with Crippen LogP contribution in [0.4, 0.5) is 5.82 Å². The summed E-state index contributed by atoms with van der Waals surface area (Å²) in [5, 5.41) is 12.7. The summed E-state index contributed by atoms with van der Waals surface area (Å²) in [6, 6.07) is 6.00. The smallest absolute Gasteiger partial charge is 0.126 e. The normalized spacial score (nSPS) is 12.2. The monoisotopic (exact) mass is 280 g/mol. The maximum absolute atomic E-state index is 8.89. The minimum atomic E-state index is 0.00988. The number of nitrogens with zero attached hydrogens (tertiary/aromatic N) is 3. The van der Waals surface area contributed by atoms with E-state index >= 15 is 0 Å². The predicted octanol–water partition coefficient (Wildman–Crippen LogP) is 3.15. The van der Waals surface area contributed by atoms with Gasteiger partial charge in [-0.05, 0) is 32.5 Å². The molecule has 19 heavy (non-hydrogen) atoms. The molecule has 1 aromatic rings. The van der Waals surface area contributed by atoms with Crippen molar-refractivity contribution in [2.75, 3.05) is 25.0 Å². The molecule has 0 aliphatic carbocycles. The molecule has 0 aliphatic heterocycles. The average molecular weight is 281 g/mol. The zero-order chi connectivity index (χ0) is 14.3. The summed E-state index contributed by atoms with van der Waals surface area (Å²) >= 11 is 6.19. The van der Waals surface area contributed by atoms with E-state index < -0.39 is 0 Å². The molecule has 1 aromatic heterocycles. The number of rotatable bonds is 7. The molecule has 1 unspecified atom stereocenters. The second-order valence-electron chi connectivity index (χ2n) is 4.51. The molecule has 1 heterocycles. The highest BCUT2D eigenvalue weighted by Gasteiger charge is 2.12. The molecule has 0 saturated heterocycles. The van der Waals surface area contributed by atoms with Gasteiger partial charge in [0.15, 0.2) is 0 Å². The van der Waals surface area contributed by atoms with E-state index in [0.29, 0.717) is 11.6 Å². The van der Waals surface area contributed by atoms with Crippen molar-refractivity contribution in [1.82, 2.24) is 9.88 Å². The Morgan fingerprint density at radius 3 is 2.79 bits per heavy atom. The van der Waals surface area contributed by atoms with Gasteiger partial charge < -0.3 is 5.32 Å². The van der Waals surface area contributed by atoms with Gasteiger partial charge in [0.05, 0.1) is 22.7 Å². The Bertz CT molecular complexity index is 442. The van der Waals surface area contributed by atoms with Gasteiger partial charge in [0.1, 0.15) is 5.82 Å². The fraction of sp³-hybridized carbons (Fsp3) is 0.571. The number of pyridine rings is 1. The summed E-state index contributed by atoms with van der Waals surface area (Å²) in [6.45, 7) is 9.13. The van der Waals surface area contributed by atoms with Crippen molar-refractivity contribution in [2.45, 2.75) is 27.3 Å². The van der Waals surface area contributed by atoms with Gasteiger partial charge in [0.2, 0.25) is 0 Å². The van der Waals surface area contributed by atoms with E-state index in [0.717, 1.165) is 31.1 Å². The fourth-order valence-electron chi connectivity index (χ4n) is 1.82. The highest BCUT2D eigenvalue weighted by Crippen LogP contribution is 2.18. The summed E-state index contributed by atoms with van der Waals surface area (Å²) in [5.41, 5.74) is 0.854. The number of hydrogen-bond acceptors (Lipinski definition) is 4. The number of anilines is 1. The van der Waals surface area contributed by atoms with Crippen LogP contribution in [0, 0.1) is 17.2 Å². The molecule has 4 nitrogen and oxygen atoms in total. The average Bonchev–Trinajstić information content (AvgIpc) is 2.41. The summed E-state index contributed by atoms with van der Waals surface area (Å²) in [4.78, 5) is 6.69. The van der Waals surface area contributed by atoms with E-state index in [2.05, 4.69) is 28.2 Å². The van der Waals surface area contributed by atoms with Crippen LogP contribution in [0.3, 0.4) is 0 Å². The van der Waals surface area contributed by atoms with Gasteiger partial charge in [-0.2, -0.15) is 5.26 Å². The first-order valence-corrected chi connectivity index (χ1v) is 6.99. The van der Waals surface area contributed by atoms with Crippen molar-refractivity contribution in [3.63, 3.8) is 0 Å². The third-order valence-corrected chi connectivity index (χ3v) is 3.19. The highest BCUT2D eigenvalue weighted by atomic mass is 35.5. The molecule has 1 atom stereocenters. The molecule has 0 spiro atoms. The van der Waals surface area contributed by atoms with E-state index in [1.807, 2.05) is 26.0 Å². The second kappa shape index (κ2) is 7.98. The molecule has 0 saturated carbocycles. The summed E-state index contributed by atoms with van der Waals surface area (Å²) in [5.74, 6) is 0.849. The molecule has 1 N–H and O–H groups in total. The summed E-state index contributed by atoms with van der Waals surface area (Å²) in [6.07, 6.45) is 0. The molecule has 5 heteroatoms. The number of nitrogens with one attached hydrogen (secondary N) is 1. The van der Waals surface area contributed by atoms with Gasteiger partial charge in [-0.3, -0.25) is 4.90 Å². The van der Waals surface area contributed by atoms with Crippen LogP contribution < -0.4 is 5.32 Å². The first-order chi connectivity index (χ1) is 9.10. The minimum Gasteiger partial charge on any atom is -0.370 e. The Morgan fingerprint density at radius 2 is 2.21 bits per heavy atom. The van der Waals surface area contributed by atoms with Crippen LogP contribution in [0.2, 0.25) is 5.02 Å². The maximum atomic E-state index is 8.89. The van der Waals surface area contributed by atoms with E-state index in [4.69, 9.17) is 16.9 Å². The van der Waals surface area contributed by atoms with Crippen LogP contribution in [0.15, 0.2) is 12.1 Å². The van der Waals surface area contributed by atoms with Crippen molar-refractivity contribution in [3.8, 4) is 6.07 Å². The standard InChI is InChI=1S/C14H21ClN4/c1-4-17-14-7-6-12(15)13(18-14)10-19(5-2)9-11(3)8-16/h6-7,11H,4-5,9-10H2,1-3H3,(H,17,18). The topological polar surface area (TPSA) is 52.0 Å². The lowest BCUT2D eigenvalue weighted by atomic mass is 10.2. The zero-order valence-corrected chi connectivity index (χ0v) is 12.5. The molecule has 0 aromatic carbocycles. The van der Waals surface area contributed by atoms with E-state index in [9.17, 15) is 0 Å². The number of halogens is 1. The van der Waals surface area contributed by atoms with Crippen molar-refractivity contribution in [2.24, 2.45) is 5.92 Å². The Morgan fingerprint density at radius 1 is 1.47 bits per heavy atom. The van der Waals surface area contributed by atoms with Gasteiger partial charge in [-0.15, -0.1) is 0 Å². The molecule has 0 fully saturated rings. The molecule has 1 rings (SSSR count). The molecule has 0 amide bonds. The van der Waals surface area contributed by atoms with Crippen molar-refractivity contribution in [3.05, 3.63) is 22.8 Å². The molecule has 104 valence electrons. The van der Waals surface area contributed by atoms with E-state index in [-0.39, 0.29) is 5.92 Å². The van der Waals surface area contributed by atoms with Crippen LogP contribution in [0.5, 0.6) is 0 Å². The van der Waals surface area contributed by atoms with Gasteiger partial charge in [-0.25, -0.2) is 4.98 Å². The first kappa shape index (κ1) is 15.7. The summed E-state index contributed by atoms with van der Waals surface area (Å²) < 4.78 is 0. The zero-order valence-electron chi connectivity index (χ0n) is 11.8. The molecular weight excluding hydrogens is 260 g/mol. The largest absolute Gasteiger partial charge is 0.370 e. The second-order valence-corrected chi connectivity index (χ2v) is 4.92. The van der Waals surface area contributed by atoms with E-state index in [1.165, 1.54) is 0 Å². The highest BCUT2D eigenvalue weighted by molar-refractivity contribution is 6.31. The van der Waals surface area contributed by atoms with Gasteiger partial charge in [0, 0.05) is 19.6 Å². The van der Waals surface area contributed by atoms with Crippen LogP contribution in [0.1, 0.15) is 26.5 Å². The van der Waals surface area contributed by atoms with Crippen molar-refractivity contribution >= 4 is 17.4 Å². The number of aromatic nitrogens is 1.